The highest BCUT2D eigenvalue weighted by atomic mass is 16.4. The van der Waals surface area contributed by atoms with Crippen LogP contribution in [0.2, 0.25) is 0 Å². The van der Waals surface area contributed by atoms with E-state index in [2.05, 4.69) is 12.2 Å². The Hall–Kier alpha value is -0.610. The summed E-state index contributed by atoms with van der Waals surface area (Å²) in [5, 5.41) is 21.5. The lowest BCUT2D eigenvalue weighted by Gasteiger charge is -2.30. The number of carboxylic acid groups (broad SMARTS) is 1. The summed E-state index contributed by atoms with van der Waals surface area (Å²) in [7, 11) is 0. The van der Waals surface area contributed by atoms with Crippen LogP contribution in [-0.2, 0) is 4.79 Å². The number of carbonyl (C=O) groups is 1. The van der Waals surface area contributed by atoms with E-state index >= 15 is 0 Å². The molecule has 0 bridgehead atoms. The van der Waals surface area contributed by atoms with Gasteiger partial charge in [0.2, 0.25) is 0 Å². The highest BCUT2D eigenvalue weighted by Gasteiger charge is 2.33. The zero-order valence-electron chi connectivity index (χ0n) is 11.3. The van der Waals surface area contributed by atoms with E-state index in [4.69, 9.17) is 5.11 Å². The van der Waals surface area contributed by atoms with E-state index in [9.17, 15) is 9.90 Å². The number of aliphatic hydroxyl groups is 1. The molecular weight excluding hydrogens is 218 g/mol. The van der Waals surface area contributed by atoms with Crippen LogP contribution >= 0.6 is 0 Å². The molecule has 2 atom stereocenters. The normalized spacial score (nSPS) is 16.5. The molecule has 0 spiro atoms. The van der Waals surface area contributed by atoms with Gasteiger partial charge in [0, 0.05) is 6.04 Å². The second kappa shape index (κ2) is 8.48. The molecule has 0 aliphatic rings. The van der Waals surface area contributed by atoms with Crippen LogP contribution < -0.4 is 5.32 Å². The molecule has 0 aromatic carbocycles. The van der Waals surface area contributed by atoms with Gasteiger partial charge >= 0.3 is 5.97 Å². The summed E-state index contributed by atoms with van der Waals surface area (Å²) in [6.45, 7) is 5.76. The highest BCUT2D eigenvalue weighted by Crippen LogP contribution is 2.17. The van der Waals surface area contributed by atoms with Gasteiger partial charge < -0.3 is 10.2 Å². The topological polar surface area (TPSA) is 69.6 Å². The zero-order valence-corrected chi connectivity index (χ0v) is 11.3. The number of aliphatic carboxylic acids is 1. The molecule has 3 N–H and O–H groups in total. The van der Waals surface area contributed by atoms with E-state index in [0.29, 0.717) is 6.42 Å². The predicted octanol–water partition coefficient (Wildman–Crippen LogP) is 2.16. The molecule has 0 aromatic rings. The molecule has 4 heteroatoms. The third-order valence-electron chi connectivity index (χ3n) is 3.24. The Morgan fingerprint density at radius 3 is 2.35 bits per heavy atom. The molecule has 0 saturated heterocycles. The molecule has 0 aliphatic carbocycles. The summed E-state index contributed by atoms with van der Waals surface area (Å²) in [5.41, 5.74) is -0.919. The molecule has 0 saturated carbocycles. The van der Waals surface area contributed by atoms with Gasteiger partial charge in [-0.05, 0) is 19.8 Å². The largest absolute Gasteiger partial charge is 0.480 e. The molecule has 0 heterocycles. The maximum absolute atomic E-state index is 11.3. The SMILES string of the molecule is CCCCCCC(C)(NC(CC)CO)C(=O)O. The second-order valence-electron chi connectivity index (χ2n) is 4.88. The smallest absolute Gasteiger partial charge is 0.323 e. The minimum atomic E-state index is -0.919. The van der Waals surface area contributed by atoms with Gasteiger partial charge in [-0.1, -0.05) is 39.5 Å². The second-order valence-corrected chi connectivity index (χ2v) is 4.88. The summed E-state index contributed by atoms with van der Waals surface area (Å²) < 4.78 is 0. The number of hydrogen-bond donors (Lipinski definition) is 3. The van der Waals surface area contributed by atoms with Crippen molar-refractivity contribution in [1.82, 2.24) is 5.32 Å². The molecule has 0 aromatic heterocycles. The van der Waals surface area contributed by atoms with Gasteiger partial charge in [-0.25, -0.2) is 0 Å². The molecule has 0 aliphatic heterocycles. The fourth-order valence-electron chi connectivity index (χ4n) is 1.87. The molecule has 0 amide bonds. The van der Waals surface area contributed by atoms with E-state index in [-0.39, 0.29) is 12.6 Å². The number of unbranched alkanes of at least 4 members (excludes halogenated alkanes) is 3. The Kier molecular flexibility index (Phi) is 8.17. The molecule has 17 heavy (non-hydrogen) atoms. The van der Waals surface area contributed by atoms with Crippen molar-refractivity contribution in [1.29, 1.82) is 0 Å². The lowest BCUT2D eigenvalue weighted by Crippen LogP contribution is -2.54. The molecule has 2 unspecified atom stereocenters. The lowest BCUT2D eigenvalue weighted by atomic mass is 9.92. The summed E-state index contributed by atoms with van der Waals surface area (Å²) in [4.78, 5) is 11.3. The van der Waals surface area contributed by atoms with Gasteiger partial charge in [-0.15, -0.1) is 0 Å². The van der Waals surface area contributed by atoms with Crippen molar-refractivity contribution < 1.29 is 15.0 Å². The van der Waals surface area contributed by atoms with Crippen LogP contribution in [0.15, 0.2) is 0 Å². The van der Waals surface area contributed by atoms with Crippen molar-refractivity contribution in [2.45, 2.75) is 70.9 Å². The molecule has 102 valence electrons. The van der Waals surface area contributed by atoms with Gasteiger partial charge in [0.25, 0.3) is 0 Å². The van der Waals surface area contributed by atoms with Gasteiger partial charge in [0.05, 0.1) is 6.61 Å². The van der Waals surface area contributed by atoms with Crippen molar-refractivity contribution in [2.75, 3.05) is 6.61 Å². The summed E-state index contributed by atoms with van der Waals surface area (Å²) in [5.74, 6) is -0.833. The Bertz CT molecular complexity index is 217. The van der Waals surface area contributed by atoms with E-state index in [0.717, 1.165) is 32.1 Å². The summed E-state index contributed by atoms with van der Waals surface area (Å²) in [6, 6.07) is -0.137. The first-order valence-corrected chi connectivity index (χ1v) is 6.62. The van der Waals surface area contributed by atoms with Gasteiger partial charge in [-0.2, -0.15) is 0 Å². The maximum atomic E-state index is 11.3. The summed E-state index contributed by atoms with van der Waals surface area (Å²) in [6.07, 6.45) is 5.61. The molecule has 0 fully saturated rings. The fourth-order valence-corrected chi connectivity index (χ4v) is 1.87. The summed E-state index contributed by atoms with van der Waals surface area (Å²) >= 11 is 0. The van der Waals surface area contributed by atoms with Crippen LogP contribution in [0.4, 0.5) is 0 Å². The van der Waals surface area contributed by atoms with Crippen LogP contribution in [0.3, 0.4) is 0 Å². The van der Waals surface area contributed by atoms with E-state index in [1.54, 1.807) is 6.92 Å². The minimum absolute atomic E-state index is 0.0195. The third-order valence-corrected chi connectivity index (χ3v) is 3.24. The predicted molar refractivity (Wildman–Crippen MR) is 69.1 cm³/mol. The average molecular weight is 245 g/mol. The Labute approximate surface area is 104 Å². The van der Waals surface area contributed by atoms with Crippen LogP contribution in [-0.4, -0.2) is 34.4 Å². The van der Waals surface area contributed by atoms with E-state index in [1.165, 1.54) is 0 Å². The Balaban J connectivity index is 4.30. The van der Waals surface area contributed by atoms with E-state index < -0.39 is 11.5 Å². The third kappa shape index (κ3) is 6.03. The average Bonchev–Trinajstić information content (AvgIpc) is 2.31. The van der Waals surface area contributed by atoms with Crippen LogP contribution in [0.25, 0.3) is 0 Å². The molecular formula is C13H27NO3. The lowest BCUT2D eigenvalue weighted by molar-refractivity contribution is -0.145. The highest BCUT2D eigenvalue weighted by molar-refractivity contribution is 5.78. The number of carboxylic acids is 1. The standard InChI is InChI=1S/C13H27NO3/c1-4-6-7-8-9-13(3,12(16)17)14-11(5-2)10-15/h11,14-15H,4-10H2,1-3H3,(H,16,17). The van der Waals surface area contributed by atoms with Crippen molar-refractivity contribution in [2.24, 2.45) is 0 Å². The van der Waals surface area contributed by atoms with Crippen molar-refractivity contribution >= 4 is 5.97 Å². The first kappa shape index (κ1) is 16.4. The van der Waals surface area contributed by atoms with Crippen LogP contribution in [0, 0.1) is 0 Å². The Morgan fingerprint density at radius 2 is 1.94 bits per heavy atom. The first-order valence-electron chi connectivity index (χ1n) is 6.62. The van der Waals surface area contributed by atoms with Gasteiger partial charge in [0.15, 0.2) is 0 Å². The fraction of sp³-hybridized carbons (Fsp3) is 0.923. The van der Waals surface area contributed by atoms with Gasteiger partial charge in [0.1, 0.15) is 5.54 Å². The van der Waals surface area contributed by atoms with E-state index in [1.807, 2.05) is 6.92 Å². The number of hydrogen-bond acceptors (Lipinski definition) is 3. The van der Waals surface area contributed by atoms with Crippen LogP contribution in [0.1, 0.15) is 59.3 Å². The number of nitrogens with one attached hydrogen (secondary N) is 1. The first-order chi connectivity index (χ1) is 8.00. The monoisotopic (exact) mass is 245 g/mol. The molecule has 0 radical (unpaired) electrons. The van der Waals surface area contributed by atoms with Crippen molar-refractivity contribution in [3.63, 3.8) is 0 Å². The van der Waals surface area contributed by atoms with Crippen molar-refractivity contribution in [3.8, 4) is 0 Å². The maximum Gasteiger partial charge on any atom is 0.323 e. The molecule has 0 rings (SSSR count). The van der Waals surface area contributed by atoms with Crippen molar-refractivity contribution in [3.05, 3.63) is 0 Å². The number of aliphatic hydroxyl groups excluding tert-OH is 1. The quantitative estimate of drug-likeness (QED) is 0.516. The number of rotatable bonds is 10. The minimum Gasteiger partial charge on any atom is -0.480 e. The van der Waals surface area contributed by atoms with Gasteiger partial charge in [-0.3, -0.25) is 10.1 Å². The van der Waals surface area contributed by atoms with Crippen LogP contribution in [0.5, 0.6) is 0 Å². The Morgan fingerprint density at radius 1 is 1.29 bits per heavy atom. The molecule has 4 nitrogen and oxygen atoms in total. The zero-order chi connectivity index (χ0) is 13.3.